The number of sulfonamides is 1. The van der Waals surface area contributed by atoms with Crippen molar-refractivity contribution in [3.8, 4) is 0 Å². The first-order valence-electron chi connectivity index (χ1n) is 5.38. The largest absolute Gasteiger partial charge is 0.477 e. The second kappa shape index (κ2) is 5.97. The van der Waals surface area contributed by atoms with Crippen LogP contribution in [0.25, 0.3) is 0 Å². The highest BCUT2D eigenvalue weighted by Gasteiger charge is 2.31. The van der Waals surface area contributed by atoms with Crippen molar-refractivity contribution < 1.29 is 28.0 Å². The molecule has 0 spiro atoms. The normalized spacial score (nSPS) is 18.9. The molecule has 2 N–H and O–H groups in total. The van der Waals surface area contributed by atoms with Gasteiger partial charge in [-0.05, 0) is 0 Å². The van der Waals surface area contributed by atoms with E-state index in [1.165, 1.54) is 14.1 Å². The summed E-state index contributed by atoms with van der Waals surface area (Å²) in [6.07, 6.45) is -1.16. The number of nitrogens with zero attached hydrogens (tertiary/aromatic N) is 2. The summed E-state index contributed by atoms with van der Waals surface area (Å²) in [5, 5.41) is 14.2. The average molecular weight is 293 g/mol. The summed E-state index contributed by atoms with van der Waals surface area (Å²) in [5.41, 5.74) is -0.235. The van der Waals surface area contributed by atoms with Crippen LogP contribution in [-0.4, -0.2) is 67.9 Å². The summed E-state index contributed by atoms with van der Waals surface area (Å²) in [6, 6.07) is 0. The summed E-state index contributed by atoms with van der Waals surface area (Å²) >= 11 is 0. The SMILES string of the molecule is CN(C)S(=O)(=O)CCNC(=O)C1CC(C(=O)O)=NO1. The number of oxime groups is 1. The molecule has 9 nitrogen and oxygen atoms in total. The van der Waals surface area contributed by atoms with Gasteiger partial charge in [-0.25, -0.2) is 17.5 Å². The highest BCUT2D eigenvalue weighted by Crippen LogP contribution is 2.10. The Kier molecular flexibility index (Phi) is 4.84. The minimum absolute atomic E-state index is 0.0817. The molecule has 1 aliphatic rings. The molecule has 1 heterocycles. The molecule has 1 atom stereocenters. The van der Waals surface area contributed by atoms with Crippen LogP contribution in [-0.2, 0) is 24.4 Å². The predicted molar refractivity (Wildman–Crippen MR) is 65.0 cm³/mol. The number of nitrogens with one attached hydrogen (secondary N) is 1. The zero-order valence-corrected chi connectivity index (χ0v) is 11.3. The molecule has 1 amide bonds. The smallest absolute Gasteiger partial charge is 0.353 e. The standard InChI is InChI=1S/C9H15N3O6S/c1-12(2)19(16,17)4-3-10-8(13)7-5-6(9(14)15)11-18-7/h7H,3-5H2,1-2H3,(H,10,13)(H,14,15). The van der Waals surface area contributed by atoms with Gasteiger partial charge in [0, 0.05) is 27.1 Å². The maximum absolute atomic E-state index is 11.6. The Morgan fingerprint density at radius 2 is 2.16 bits per heavy atom. The number of carbonyl (C=O) groups is 2. The lowest BCUT2D eigenvalue weighted by atomic mass is 10.2. The average Bonchev–Trinajstić information content (AvgIpc) is 2.77. The summed E-state index contributed by atoms with van der Waals surface area (Å²) in [4.78, 5) is 26.8. The lowest BCUT2D eigenvalue weighted by Gasteiger charge is -2.12. The molecule has 0 aromatic carbocycles. The molecule has 0 aromatic rings. The minimum atomic E-state index is -3.39. The molecule has 19 heavy (non-hydrogen) atoms. The van der Waals surface area contributed by atoms with Gasteiger partial charge >= 0.3 is 5.97 Å². The molecule has 0 aliphatic carbocycles. The Morgan fingerprint density at radius 1 is 1.53 bits per heavy atom. The maximum atomic E-state index is 11.6. The van der Waals surface area contributed by atoms with Crippen LogP contribution >= 0.6 is 0 Å². The molecular formula is C9H15N3O6S. The fourth-order valence-corrected chi connectivity index (χ4v) is 1.97. The van der Waals surface area contributed by atoms with E-state index >= 15 is 0 Å². The number of hydrogen-bond acceptors (Lipinski definition) is 6. The first-order valence-corrected chi connectivity index (χ1v) is 6.99. The number of carboxylic acid groups (broad SMARTS) is 1. The van der Waals surface area contributed by atoms with Gasteiger partial charge in [0.15, 0.2) is 5.71 Å². The number of rotatable bonds is 6. The van der Waals surface area contributed by atoms with Crippen LogP contribution in [0.5, 0.6) is 0 Å². The van der Waals surface area contributed by atoms with Crippen molar-refractivity contribution in [2.24, 2.45) is 5.16 Å². The highest BCUT2D eigenvalue weighted by molar-refractivity contribution is 7.89. The van der Waals surface area contributed by atoms with Gasteiger partial charge in [0.25, 0.3) is 5.91 Å². The molecule has 1 rings (SSSR count). The molecule has 0 bridgehead atoms. The van der Waals surface area contributed by atoms with E-state index in [0.717, 1.165) is 4.31 Å². The lowest BCUT2D eigenvalue weighted by Crippen LogP contribution is -2.39. The van der Waals surface area contributed by atoms with Gasteiger partial charge in [-0.1, -0.05) is 5.16 Å². The van der Waals surface area contributed by atoms with Crippen LogP contribution in [0.4, 0.5) is 0 Å². The van der Waals surface area contributed by atoms with Crippen molar-refractivity contribution in [2.75, 3.05) is 26.4 Å². The van der Waals surface area contributed by atoms with Crippen LogP contribution in [0.15, 0.2) is 5.16 Å². The van der Waals surface area contributed by atoms with Crippen LogP contribution < -0.4 is 5.32 Å². The monoisotopic (exact) mass is 293 g/mol. The van der Waals surface area contributed by atoms with Gasteiger partial charge in [0.1, 0.15) is 0 Å². The minimum Gasteiger partial charge on any atom is -0.477 e. The third-order valence-electron chi connectivity index (χ3n) is 2.42. The third-order valence-corrected chi connectivity index (χ3v) is 4.26. The molecule has 108 valence electrons. The van der Waals surface area contributed by atoms with E-state index in [1.807, 2.05) is 0 Å². The molecule has 0 saturated carbocycles. The first kappa shape index (κ1) is 15.4. The number of carboxylic acids is 1. The van der Waals surface area contributed by atoms with Gasteiger partial charge in [-0.15, -0.1) is 0 Å². The van der Waals surface area contributed by atoms with Gasteiger partial charge in [-0.2, -0.15) is 0 Å². The predicted octanol–water partition coefficient (Wildman–Crippen LogP) is -1.78. The van der Waals surface area contributed by atoms with Crippen molar-refractivity contribution in [2.45, 2.75) is 12.5 Å². The van der Waals surface area contributed by atoms with E-state index in [4.69, 9.17) is 5.11 Å². The summed E-state index contributed by atoms with van der Waals surface area (Å²) in [6.45, 7) is -0.0817. The zero-order chi connectivity index (χ0) is 14.6. The summed E-state index contributed by atoms with van der Waals surface area (Å²) < 4.78 is 23.9. The zero-order valence-electron chi connectivity index (χ0n) is 10.5. The summed E-state index contributed by atoms with van der Waals surface area (Å²) in [7, 11) is -0.600. The Labute approximate surface area is 110 Å². The Morgan fingerprint density at radius 3 is 2.63 bits per heavy atom. The molecule has 1 aliphatic heterocycles. The molecule has 0 aromatic heterocycles. The van der Waals surface area contributed by atoms with Crippen molar-refractivity contribution >= 4 is 27.6 Å². The maximum Gasteiger partial charge on any atom is 0.353 e. The van der Waals surface area contributed by atoms with Crippen LogP contribution in [0.1, 0.15) is 6.42 Å². The Bertz CT molecular complexity index is 498. The second-order valence-corrected chi connectivity index (χ2v) is 6.33. The van der Waals surface area contributed by atoms with E-state index in [9.17, 15) is 18.0 Å². The molecule has 1 unspecified atom stereocenters. The number of hydrogen-bond donors (Lipinski definition) is 2. The van der Waals surface area contributed by atoms with Gasteiger partial charge in [0.2, 0.25) is 16.1 Å². The quantitative estimate of drug-likeness (QED) is 0.596. The first-order chi connectivity index (χ1) is 8.74. The highest BCUT2D eigenvalue weighted by atomic mass is 32.2. The van der Waals surface area contributed by atoms with E-state index in [2.05, 4.69) is 15.3 Å². The lowest BCUT2D eigenvalue weighted by molar-refractivity contribution is -0.131. The summed E-state index contributed by atoms with van der Waals surface area (Å²) in [5.74, 6) is -2.08. The van der Waals surface area contributed by atoms with Crippen molar-refractivity contribution in [1.29, 1.82) is 0 Å². The van der Waals surface area contributed by atoms with E-state index in [1.54, 1.807) is 0 Å². The second-order valence-electron chi connectivity index (χ2n) is 4.03. The third kappa shape index (κ3) is 4.17. The van der Waals surface area contributed by atoms with E-state index < -0.39 is 28.0 Å². The molecule has 0 fully saturated rings. The number of amides is 1. The van der Waals surface area contributed by atoms with Crippen molar-refractivity contribution in [3.05, 3.63) is 0 Å². The van der Waals surface area contributed by atoms with Crippen LogP contribution in [0.2, 0.25) is 0 Å². The topological polar surface area (TPSA) is 125 Å². The van der Waals surface area contributed by atoms with Gasteiger partial charge in [-0.3, -0.25) is 4.79 Å². The molecule has 0 saturated heterocycles. The van der Waals surface area contributed by atoms with E-state index in [-0.39, 0.29) is 24.4 Å². The fraction of sp³-hybridized carbons (Fsp3) is 0.667. The molecule has 10 heteroatoms. The number of carbonyl (C=O) groups excluding carboxylic acids is 1. The molecule has 0 radical (unpaired) electrons. The van der Waals surface area contributed by atoms with Crippen LogP contribution in [0.3, 0.4) is 0 Å². The van der Waals surface area contributed by atoms with Crippen molar-refractivity contribution in [1.82, 2.24) is 9.62 Å². The van der Waals surface area contributed by atoms with Gasteiger partial charge in [0.05, 0.1) is 5.75 Å². The van der Waals surface area contributed by atoms with Crippen LogP contribution in [0, 0.1) is 0 Å². The van der Waals surface area contributed by atoms with Gasteiger partial charge < -0.3 is 15.3 Å². The van der Waals surface area contributed by atoms with Crippen molar-refractivity contribution in [3.63, 3.8) is 0 Å². The Balaban J connectivity index is 2.37. The fourth-order valence-electron chi connectivity index (χ4n) is 1.24. The number of aliphatic carboxylic acids is 1. The Hall–Kier alpha value is -1.68. The molecular weight excluding hydrogens is 278 g/mol. The van der Waals surface area contributed by atoms with E-state index in [0.29, 0.717) is 0 Å².